The summed E-state index contributed by atoms with van der Waals surface area (Å²) in [6, 6.07) is 3.96. The lowest BCUT2D eigenvalue weighted by Gasteiger charge is -2.31. The number of methoxy groups -OCH3 is 1. The van der Waals surface area contributed by atoms with Crippen LogP contribution in [0.3, 0.4) is 0 Å². The van der Waals surface area contributed by atoms with E-state index in [1.807, 2.05) is 36.8 Å². The second kappa shape index (κ2) is 17.3. The molecule has 0 atom stereocenters. The van der Waals surface area contributed by atoms with Gasteiger partial charge in [0.1, 0.15) is 17.2 Å². The zero-order chi connectivity index (χ0) is 27.8. The molecule has 1 aliphatic heterocycles. The number of benzene rings is 1. The van der Waals surface area contributed by atoms with Gasteiger partial charge in [0.25, 0.3) is 0 Å². The number of quaternary nitrogens is 1. The van der Waals surface area contributed by atoms with Gasteiger partial charge in [0.05, 0.1) is 52.5 Å². The van der Waals surface area contributed by atoms with Crippen LogP contribution in [0.5, 0.6) is 11.5 Å². The first-order valence-electron chi connectivity index (χ1n) is 13.5. The van der Waals surface area contributed by atoms with Gasteiger partial charge in [0.15, 0.2) is 5.71 Å². The lowest BCUT2D eigenvalue weighted by atomic mass is 10.1. The fourth-order valence-electron chi connectivity index (χ4n) is 3.69. The van der Waals surface area contributed by atoms with Gasteiger partial charge in [0, 0.05) is 37.8 Å². The molecular formula is C29H45N4O5+. The zero-order valence-electron chi connectivity index (χ0n) is 23.7. The zero-order valence-corrected chi connectivity index (χ0v) is 23.7. The maximum Gasteiger partial charge on any atom is 0.359 e. The van der Waals surface area contributed by atoms with Crippen molar-refractivity contribution in [2.75, 3.05) is 70.6 Å². The van der Waals surface area contributed by atoms with Crippen LogP contribution in [0.15, 0.2) is 53.8 Å². The summed E-state index contributed by atoms with van der Waals surface area (Å²) in [4.78, 5) is 14.9. The number of carbonyl (C=O) groups excluding carboxylic acids is 1. The predicted octanol–water partition coefficient (Wildman–Crippen LogP) is 3.67. The standard InChI is InChI=1S/C29H44N4O5/c1-7-9-17-37-26-22-25(33-15-19-36-20-16-33)27(38-18-10-8-2)21-24(26)32(5)31-28(29(34)35-6)23(3)13-11-12-14-30-4/h11-14,21-22,30H,3,7-10,15-20H2,1-2,4-6H3/p+1/b13-11-,14-12-,31-28-. The van der Waals surface area contributed by atoms with Crippen molar-refractivity contribution >= 4 is 23.1 Å². The Hall–Kier alpha value is -3.30. The van der Waals surface area contributed by atoms with Crippen molar-refractivity contribution in [2.45, 2.75) is 39.5 Å². The smallest absolute Gasteiger partial charge is 0.359 e. The highest BCUT2D eigenvalue weighted by Gasteiger charge is 2.23. The lowest BCUT2D eigenvalue weighted by Crippen LogP contribution is -2.72. The Morgan fingerprint density at radius 3 is 2.39 bits per heavy atom. The van der Waals surface area contributed by atoms with Gasteiger partial charge in [-0.25, -0.2) is 4.79 Å². The van der Waals surface area contributed by atoms with Crippen LogP contribution in [-0.2, 0) is 14.3 Å². The molecule has 9 heteroatoms. The third-order valence-electron chi connectivity index (χ3n) is 5.90. The number of nitrogens with zero attached hydrogens (tertiary/aromatic N) is 3. The van der Waals surface area contributed by atoms with E-state index in [0.717, 1.165) is 50.2 Å². The molecule has 210 valence electrons. The van der Waals surface area contributed by atoms with Crippen LogP contribution < -0.4 is 24.7 Å². The first-order valence-corrected chi connectivity index (χ1v) is 13.5. The van der Waals surface area contributed by atoms with Crippen molar-refractivity contribution in [1.82, 2.24) is 0 Å². The summed E-state index contributed by atoms with van der Waals surface area (Å²) in [5, 5.41) is 8.15. The first kappa shape index (κ1) is 30.9. The van der Waals surface area contributed by atoms with Gasteiger partial charge >= 0.3 is 5.97 Å². The molecule has 0 spiro atoms. The number of nitrogens with two attached hydrogens (primary N) is 1. The molecule has 38 heavy (non-hydrogen) atoms. The number of anilines is 2. The van der Waals surface area contributed by atoms with Crippen molar-refractivity contribution in [2.24, 2.45) is 5.10 Å². The molecule has 0 radical (unpaired) electrons. The number of hydrogen-bond donors (Lipinski definition) is 1. The third-order valence-corrected chi connectivity index (χ3v) is 5.90. The van der Waals surface area contributed by atoms with Crippen molar-refractivity contribution in [3.05, 3.63) is 48.7 Å². The van der Waals surface area contributed by atoms with Gasteiger partial charge < -0.3 is 29.2 Å². The third kappa shape index (κ3) is 9.54. The Labute approximate surface area is 227 Å². The second-order valence-electron chi connectivity index (χ2n) is 8.86. The number of ether oxygens (including phenoxy) is 4. The number of hydrogen-bond acceptors (Lipinski definition) is 8. The van der Waals surface area contributed by atoms with Gasteiger partial charge in [0.2, 0.25) is 0 Å². The maximum atomic E-state index is 12.6. The molecule has 2 N–H and O–H groups in total. The number of rotatable bonds is 16. The minimum atomic E-state index is -0.574. The number of allylic oxidation sites excluding steroid dienone is 3. The van der Waals surface area contributed by atoms with Crippen molar-refractivity contribution in [3.8, 4) is 11.5 Å². The van der Waals surface area contributed by atoms with E-state index in [1.54, 1.807) is 24.2 Å². The molecule has 1 fully saturated rings. The van der Waals surface area contributed by atoms with Crippen LogP contribution in [0.4, 0.5) is 11.4 Å². The van der Waals surface area contributed by atoms with Crippen LogP contribution in [0.25, 0.3) is 0 Å². The van der Waals surface area contributed by atoms with Crippen molar-refractivity contribution < 1.29 is 29.1 Å². The van der Waals surface area contributed by atoms with Crippen LogP contribution in [0.1, 0.15) is 39.5 Å². The van der Waals surface area contributed by atoms with Crippen molar-refractivity contribution in [1.29, 1.82) is 0 Å². The highest BCUT2D eigenvalue weighted by atomic mass is 16.5. The predicted molar refractivity (Wildman–Crippen MR) is 153 cm³/mol. The molecular weight excluding hydrogens is 484 g/mol. The summed E-state index contributed by atoms with van der Waals surface area (Å²) in [5.41, 5.74) is 2.19. The SMILES string of the molecule is C=C(/C=C\C=C/[NH2+]C)/C(=N/N(C)c1cc(OCCCC)c(N2CCOCC2)cc1OCCCC)C(=O)OC. The summed E-state index contributed by atoms with van der Waals surface area (Å²) in [7, 11) is 5.04. The molecule has 2 rings (SSSR count). The van der Waals surface area contributed by atoms with Gasteiger partial charge in [-0.05, 0) is 18.9 Å². The Morgan fingerprint density at radius 1 is 1.13 bits per heavy atom. The molecule has 1 saturated heterocycles. The van der Waals surface area contributed by atoms with Gasteiger partial charge in [-0.2, -0.15) is 5.10 Å². The molecule has 1 aliphatic rings. The fourth-order valence-corrected chi connectivity index (χ4v) is 3.69. The quantitative estimate of drug-likeness (QED) is 0.115. The monoisotopic (exact) mass is 529 g/mol. The summed E-state index contributed by atoms with van der Waals surface area (Å²) in [5.74, 6) is 0.843. The molecule has 0 amide bonds. The topological polar surface area (TPSA) is 89.4 Å². The summed E-state index contributed by atoms with van der Waals surface area (Å²) in [6.07, 6.45) is 11.2. The number of esters is 1. The lowest BCUT2D eigenvalue weighted by molar-refractivity contribution is -0.556. The largest absolute Gasteiger partial charge is 0.491 e. The van der Waals surface area contributed by atoms with Gasteiger partial charge in [-0.15, -0.1) is 0 Å². The fraction of sp³-hybridized carbons (Fsp3) is 0.517. The van der Waals surface area contributed by atoms with E-state index in [-0.39, 0.29) is 5.71 Å². The minimum absolute atomic E-state index is 0.102. The Kier molecular flexibility index (Phi) is 14.0. The molecule has 0 aliphatic carbocycles. The molecule has 0 bridgehead atoms. The van der Waals surface area contributed by atoms with E-state index in [2.05, 4.69) is 30.4 Å². The molecule has 0 aromatic heterocycles. The summed E-state index contributed by atoms with van der Waals surface area (Å²) < 4.78 is 23.1. The number of morpholine rings is 1. The minimum Gasteiger partial charge on any atom is -0.491 e. The van der Waals surface area contributed by atoms with E-state index in [9.17, 15) is 4.79 Å². The van der Waals surface area contributed by atoms with Crippen LogP contribution in [0.2, 0.25) is 0 Å². The first-order chi connectivity index (χ1) is 18.5. The number of unbranched alkanes of at least 4 members (excludes halogenated alkanes) is 2. The molecule has 1 aromatic rings. The van der Waals surface area contributed by atoms with E-state index < -0.39 is 5.97 Å². The highest BCUT2D eigenvalue weighted by Crippen LogP contribution is 2.41. The van der Waals surface area contributed by atoms with E-state index in [1.165, 1.54) is 7.11 Å². The van der Waals surface area contributed by atoms with Crippen molar-refractivity contribution in [3.63, 3.8) is 0 Å². The maximum absolute atomic E-state index is 12.6. The Morgan fingerprint density at radius 2 is 1.79 bits per heavy atom. The average molecular weight is 530 g/mol. The average Bonchev–Trinajstić information content (AvgIpc) is 2.94. The van der Waals surface area contributed by atoms with Gasteiger partial charge in [-0.1, -0.05) is 45.4 Å². The molecule has 0 saturated carbocycles. The molecule has 1 heterocycles. The van der Waals surface area contributed by atoms with E-state index in [4.69, 9.17) is 18.9 Å². The Bertz CT molecular complexity index is 983. The summed E-state index contributed by atoms with van der Waals surface area (Å²) >= 11 is 0. The van der Waals surface area contributed by atoms with Crippen LogP contribution in [0, 0.1) is 0 Å². The molecule has 0 unspecified atom stereocenters. The number of hydrazone groups is 1. The normalized spacial score (nSPS) is 14.2. The molecule has 9 nitrogen and oxygen atoms in total. The number of carbonyl (C=O) groups is 1. The second-order valence-corrected chi connectivity index (χ2v) is 8.86. The molecule has 1 aromatic carbocycles. The van der Waals surface area contributed by atoms with Crippen LogP contribution in [-0.4, -0.2) is 72.4 Å². The highest BCUT2D eigenvalue weighted by molar-refractivity contribution is 6.44. The van der Waals surface area contributed by atoms with E-state index in [0.29, 0.717) is 43.4 Å². The summed E-state index contributed by atoms with van der Waals surface area (Å²) in [6.45, 7) is 12.3. The van der Waals surface area contributed by atoms with Crippen LogP contribution >= 0.6 is 0 Å². The van der Waals surface area contributed by atoms with E-state index >= 15 is 0 Å². The Balaban J connectivity index is 2.54. The van der Waals surface area contributed by atoms with Gasteiger partial charge in [-0.3, -0.25) is 5.01 Å².